The number of imidazole rings is 1. The van der Waals surface area contributed by atoms with E-state index in [0.29, 0.717) is 17.8 Å². The molecule has 0 bridgehead atoms. The predicted molar refractivity (Wildman–Crippen MR) is 64.6 cm³/mol. The largest absolute Gasteiger partial charge is 0.386 e. The van der Waals surface area contributed by atoms with E-state index >= 15 is 0 Å². The van der Waals surface area contributed by atoms with E-state index in [1.54, 1.807) is 0 Å². The van der Waals surface area contributed by atoms with Crippen LogP contribution in [0.25, 0.3) is 0 Å². The minimum Gasteiger partial charge on any atom is -0.386 e. The second-order valence-corrected chi connectivity index (χ2v) is 4.46. The molecule has 1 atom stereocenters. The van der Waals surface area contributed by atoms with Gasteiger partial charge in [-0.2, -0.15) is 5.10 Å². The first kappa shape index (κ1) is 10.9. The first-order chi connectivity index (χ1) is 7.59. The van der Waals surface area contributed by atoms with Crippen LogP contribution in [0.15, 0.2) is 22.7 Å². The Balaban J connectivity index is 2.41. The molecule has 1 unspecified atom stereocenters. The molecule has 0 saturated heterocycles. The maximum atomic E-state index is 5.66. The molecule has 0 amide bonds. The fourth-order valence-electron chi connectivity index (χ4n) is 1.89. The first-order valence-electron chi connectivity index (χ1n) is 5.51. The van der Waals surface area contributed by atoms with Crippen LogP contribution in [0, 0.1) is 5.92 Å². The van der Waals surface area contributed by atoms with Crippen LogP contribution in [0.2, 0.25) is 0 Å². The van der Waals surface area contributed by atoms with Gasteiger partial charge in [0.15, 0.2) is 0 Å². The molecule has 1 aromatic rings. The van der Waals surface area contributed by atoms with E-state index in [1.165, 1.54) is 0 Å². The van der Waals surface area contributed by atoms with Gasteiger partial charge in [-0.1, -0.05) is 6.92 Å². The molecular weight excluding hydrogens is 202 g/mol. The maximum Gasteiger partial charge on any atom is 0.123 e. The topological polar surface area (TPSA) is 68.6 Å². The van der Waals surface area contributed by atoms with Gasteiger partial charge < -0.3 is 10.3 Å². The minimum absolute atomic E-state index is 0.298. The van der Waals surface area contributed by atoms with Crippen LogP contribution in [-0.4, -0.2) is 21.1 Å². The molecule has 86 valence electrons. The van der Waals surface area contributed by atoms with Crippen molar-refractivity contribution < 1.29 is 0 Å². The molecule has 5 nitrogen and oxygen atoms in total. The Morgan fingerprint density at radius 2 is 2.19 bits per heavy atom. The molecule has 16 heavy (non-hydrogen) atoms. The van der Waals surface area contributed by atoms with Crippen molar-refractivity contribution in [1.82, 2.24) is 9.55 Å². The molecule has 1 aliphatic heterocycles. The van der Waals surface area contributed by atoms with E-state index < -0.39 is 0 Å². The molecule has 0 aromatic carbocycles. The highest BCUT2D eigenvalue weighted by Gasteiger charge is 2.22. The standard InChI is InChI=1S/C11H17N5/c1-7(2)16-6-13-5-9(16)11-8(3)4-10(12)14-15-11/h5-8H,4H2,1-3H3,(H2,12,14). The van der Waals surface area contributed by atoms with Crippen LogP contribution in [0.1, 0.15) is 38.9 Å². The summed E-state index contributed by atoms with van der Waals surface area (Å²) in [6.45, 7) is 6.35. The van der Waals surface area contributed by atoms with Crippen molar-refractivity contribution in [2.24, 2.45) is 21.9 Å². The number of rotatable bonds is 2. The Morgan fingerprint density at radius 3 is 2.81 bits per heavy atom. The predicted octanol–water partition coefficient (Wildman–Crippen LogP) is 1.57. The van der Waals surface area contributed by atoms with Crippen LogP contribution < -0.4 is 5.73 Å². The third kappa shape index (κ3) is 1.85. The van der Waals surface area contributed by atoms with E-state index in [0.717, 1.165) is 17.8 Å². The molecule has 2 rings (SSSR count). The molecule has 0 radical (unpaired) electrons. The molecule has 2 heterocycles. The maximum absolute atomic E-state index is 5.66. The zero-order chi connectivity index (χ0) is 11.7. The van der Waals surface area contributed by atoms with Crippen molar-refractivity contribution in [3.8, 4) is 0 Å². The Bertz CT molecular complexity index is 441. The van der Waals surface area contributed by atoms with Crippen LogP contribution in [0.3, 0.4) is 0 Å². The minimum atomic E-state index is 0.298. The molecule has 0 aliphatic carbocycles. The van der Waals surface area contributed by atoms with Gasteiger partial charge in [0, 0.05) is 18.4 Å². The highest BCUT2D eigenvalue weighted by Crippen LogP contribution is 2.19. The number of nitrogens with two attached hydrogens (primary N) is 1. The summed E-state index contributed by atoms with van der Waals surface area (Å²) in [5.74, 6) is 0.901. The molecule has 2 N–H and O–H groups in total. The van der Waals surface area contributed by atoms with Crippen molar-refractivity contribution >= 4 is 11.5 Å². The van der Waals surface area contributed by atoms with Crippen LogP contribution in [0.5, 0.6) is 0 Å². The van der Waals surface area contributed by atoms with Gasteiger partial charge in [0.25, 0.3) is 0 Å². The summed E-state index contributed by atoms with van der Waals surface area (Å²) < 4.78 is 2.10. The van der Waals surface area contributed by atoms with Gasteiger partial charge in [0.2, 0.25) is 0 Å². The number of hydrogen-bond donors (Lipinski definition) is 1. The van der Waals surface area contributed by atoms with Crippen molar-refractivity contribution in [2.75, 3.05) is 0 Å². The lowest BCUT2D eigenvalue weighted by Gasteiger charge is -2.19. The molecule has 0 fully saturated rings. The fraction of sp³-hybridized carbons (Fsp3) is 0.545. The van der Waals surface area contributed by atoms with Gasteiger partial charge in [-0.25, -0.2) is 4.98 Å². The quantitative estimate of drug-likeness (QED) is 0.820. The van der Waals surface area contributed by atoms with Crippen molar-refractivity contribution in [3.05, 3.63) is 18.2 Å². The van der Waals surface area contributed by atoms with E-state index in [4.69, 9.17) is 5.73 Å². The zero-order valence-corrected chi connectivity index (χ0v) is 9.88. The Labute approximate surface area is 95.1 Å². The Morgan fingerprint density at radius 1 is 1.44 bits per heavy atom. The van der Waals surface area contributed by atoms with E-state index in [9.17, 15) is 0 Å². The van der Waals surface area contributed by atoms with Gasteiger partial charge in [0.1, 0.15) is 5.84 Å². The molecule has 0 spiro atoms. The number of hydrogen-bond acceptors (Lipinski definition) is 4. The Kier molecular flexibility index (Phi) is 2.77. The van der Waals surface area contributed by atoms with Gasteiger partial charge in [-0.3, -0.25) is 0 Å². The lowest BCUT2D eigenvalue weighted by molar-refractivity contribution is 0.591. The van der Waals surface area contributed by atoms with Crippen LogP contribution >= 0.6 is 0 Å². The van der Waals surface area contributed by atoms with Crippen molar-refractivity contribution in [3.63, 3.8) is 0 Å². The molecule has 1 aromatic heterocycles. The van der Waals surface area contributed by atoms with Crippen molar-refractivity contribution in [2.45, 2.75) is 33.2 Å². The second-order valence-electron chi connectivity index (χ2n) is 4.46. The lowest BCUT2D eigenvalue weighted by Crippen LogP contribution is -2.27. The van der Waals surface area contributed by atoms with Crippen LogP contribution in [-0.2, 0) is 0 Å². The van der Waals surface area contributed by atoms with E-state index in [1.807, 2.05) is 12.5 Å². The molecule has 5 heteroatoms. The SMILES string of the molecule is CC1CC(N)=NN=C1c1cncn1C(C)C. The second kappa shape index (κ2) is 4.08. The summed E-state index contributed by atoms with van der Waals surface area (Å²) in [4.78, 5) is 4.17. The van der Waals surface area contributed by atoms with Gasteiger partial charge >= 0.3 is 0 Å². The van der Waals surface area contributed by atoms with Crippen LogP contribution in [0.4, 0.5) is 0 Å². The summed E-state index contributed by atoms with van der Waals surface area (Å²) in [7, 11) is 0. The summed E-state index contributed by atoms with van der Waals surface area (Å²) in [5.41, 5.74) is 7.67. The molecule has 0 saturated carbocycles. The monoisotopic (exact) mass is 219 g/mol. The highest BCUT2D eigenvalue weighted by atomic mass is 15.3. The number of nitrogens with zero attached hydrogens (tertiary/aromatic N) is 4. The van der Waals surface area contributed by atoms with E-state index in [-0.39, 0.29) is 0 Å². The average Bonchev–Trinajstić information content (AvgIpc) is 2.66. The summed E-state index contributed by atoms with van der Waals surface area (Å²) in [5, 5.41) is 8.16. The summed E-state index contributed by atoms with van der Waals surface area (Å²) in [6, 6.07) is 0.371. The third-order valence-electron chi connectivity index (χ3n) is 2.75. The van der Waals surface area contributed by atoms with E-state index in [2.05, 4.69) is 40.5 Å². The zero-order valence-electron chi connectivity index (χ0n) is 9.88. The van der Waals surface area contributed by atoms with Gasteiger partial charge in [-0.15, -0.1) is 5.10 Å². The number of aromatic nitrogens is 2. The lowest BCUT2D eigenvalue weighted by atomic mass is 9.98. The fourth-order valence-corrected chi connectivity index (χ4v) is 1.89. The number of amidine groups is 1. The summed E-state index contributed by atoms with van der Waals surface area (Å²) in [6.07, 6.45) is 4.44. The smallest absolute Gasteiger partial charge is 0.123 e. The van der Waals surface area contributed by atoms with Crippen molar-refractivity contribution in [1.29, 1.82) is 0 Å². The molecular formula is C11H17N5. The average molecular weight is 219 g/mol. The highest BCUT2D eigenvalue weighted by molar-refractivity contribution is 6.04. The first-order valence-corrected chi connectivity index (χ1v) is 5.51. The van der Waals surface area contributed by atoms with Gasteiger partial charge in [-0.05, 0) is 13.8 Å². The Hall–Kier alpha value is -1.65. The normalized spacial score (nSPS) is 20.9. The van der Waals surface area contributed by atoms with Gasteiger partial charge in [0.05, 0.1) is 23.9 Å². The third-order valence-corrected chi connectivity index (χ3v) is 2.75. The summed E-state index contributed by atoms with van der Waals surface area (Å²) >= 11 is 0. The molecule has 1 aliphatic rings.